The second-order valence-electron chi connectivity index (χ2n) is 5.71. The molecule has 0 atom stereocenters. The molecule has 3 aromatic rings. The minimum atomic E-state index is -1.08. The molecule has 3 aromatic carbocycles. The van der Waals surface area contributed by atoms with Crippen LogP contribution in [-0.2, 0) is 0 Å². The molecule has 0 heterocycles. The van der Waals surface area contributed by atoms with Crippen LogP contribution in [0, 0.1) is 29.9 Å². The van der Waals surface area contributed by atoms with Crippen LogP contribution in [0.25, 0.3) is 11.1 Å². The van der Waals surface area contributed by atoms with Crippen LogP contribution in [0.5, 0.6) is 5.75 Å². The van der Waals surface area contributed by atoms with Crippen molar-refractivity contribution < 1.29 is 18.3 Å². The Morgan fingerprint density at radius 3 is 1.92 bits per heavy atom. The molecular formula is C21H13F2NO2. The van der Waals surface area contributed by atoms with Crippen LogP contribution < -0.4 is 4.74 Å². The van der Waals surface area contributed by atoms with E-state index in [0.29, 0.717) is 0 Å². The Bertz CT molecular complexity index is 981. The third-order valence-corrected chi connectivity index (χ3v) is 3.84. The number of hydrogen-bond donors (Lipinski definition) is 0. The van der Waals surface area contributed by atoms with E-state index in [1.165, 1.54) is 6.07 Å². The summed E-state index contributed by atoms with van der Waals surface area (Å²) >= 11 is 0. The maximum atomic E-state index is 13.6. The van der Waals surface area contributed by atoms with Gasteiger partial charge in [-0.1, -0.05) is 42.0 Å². The first-order valence-electron chi connectivity index (χ1n) is 7.76. The Morgan fingerprint density at radius 2 is 1.42 bits per heavy atom. The van der Waals surface area contributed by atoms with Gasteiger partial charge in [-0.3, -0.25) is 0 Å². The zero-order chi connectivity index (χ0) is 18.7. The Morgan fingerprint density at radius 1 is 0.923 bits per heavy atom. The van der Waals surface area contributed by atoms with Gasteiger partial charge in [0.15, 0.2) is 0 Å². The van der Waals surface area contributed by atoms with Crippen LogP contribution in [-0.4, -0.2) is 5.97 Å². The van der Waals surface area contributed by atoms with E-state index in [4.69, 9.17) is 10.00 Å². The number of ether oxygens (including phenoxy) is 1. The topological polar surface area (TPSA) is 50.1 Å². The highest BCUT2D eigenvalue weighted by molar-refractivity contribution is 5.91. The van der Waals surface area contributed by atoms with Crippen molar-refractivity contribution >= 4 is 5.97 Å². The van der Waals surface area contributed by atoms with Gasteiger partial charge in [-0.25, -0.2) is 13.6 Å². The summed E-state index contributed by atoms with van der Waals surface area (Å²) in [5.41, 5.74) is 2.61. The van der Waals surface area contributed by atoms with E-state index < -0.39 is 23.2 Å². The average molecular weight is 349 g/mol. The summed E-state index contributed by atoms with van der Waals surface area (Å²) < 4.78 is 32.2. The molecule has 5 heteroatoms. The summed E-state index contributed by atoms with van der Waals surface area (Å²) in [7, 11) is 0. The third-order valence-electron chi connectivity index (χ3n) is 3.84. The van der Waals surface area contributed by atoms with E-state index in [-0.39, 0.29) is 11.3 Å². The maximum absolute atomic E-state index is 13.6. The van der Waals surface area contributed by atoms with E-state index in [0.717, 1.165) is 28.8 Å². The molecule has 0 aromatic heterocycles. The van der Waals surface area contributed by atoms with Crippen LogP contribution in [0.4, 0.5) is 8.78 Å². The highest BCUT2D eigenvalue weighted by atomic mass is 19.1. The molecule has 0 spiro atoms. The van der Waals surface area contributed by atoms with Gasteiger partial charge in [0, 0.05) is 12.1 Å². The number of nitriles is 1. The molecule has 0 unspecified atom stereocenters. The van der Waals surface area contributed by atoms with Crippen molar-refractivity contribution in [1.82, 2.24) is 0 Å². The quantitative estimate of drug-likeness (QED) is 0.492. The van der Waals surface area contributed by atoms with Gasteiger partial charge in [-0.15, -0.1) is 0 Å². The number of benzene rings is 3. The SMILES string of the molecule is Cc1ccc(-c2ccc(C(=O)Oc3cc(F)c(C#N)c(F)c3)cc2)cc1. The van der Waals surface area contributed by atoms with Crippen LogP contribution in [0.3, 0.4) is 0 Å². The molecule has 0 bridgehead atoms. The second-order valence-corrected chi connectivity index (χ2v) is 5.71. The zero-order valence-electron chi connectivity index (χ0n) is 13.8. The van der Waals surface area contributed by atoms with E-state index in [9.17, 15) is 13.6 Å². The summed E-state index contributed by atoms with van der Waals surface area (Å²) in [6.07, 6.45) is 0. The summed E-state index contributed by atoms with van der Waals surface area (Å²) in [6.45, 7) is 2.00. The highest BCUT2D eigenvalue weighted by Crippen LogP contribution is 2.23. The van der Waals surface area contributed by atoms with Gasteiger partial charge in [-0.05, 0) is 30.2 Å². The number of aryl methyl sites for hydroxylation is 1. The molecule has 128 valence electrons. The number of rotatable bonds is 3. The van der Waals surface area contributed by atoms with Gasteiger partial charge >= 0.3 is 5.97 Å². The van der Waals surface area contributed by atoms with Crippen molar-refractivity contribution in [3.63, 3.8) is 0 Å². The van der Waals surface area contributed by atoms with Crippen molar-refractivity contribution in [1.29, 1.82) is 5.26 Å². The number of halogens is 2. The van der Waals surface area contributed by atoms with E-state index in [2.05, 4.69) is 0 Å². The molecular weight excluding hydrogens is 336 g/mol. The first kappa shape index (κ1) is 17.3. The van der Waals surface area contributed by atoms with Crippen molar-refractivity contribution in [3.8, 4) is 22.9 Å². The van der Waals surface area contributed by atoms with Gasteiger partial charge in [0.25, 0.3) is 0 Å². The molecule has 3 rings (SSSR count). The van der Waals surface area contributed by atoms with Crippen LogP contribution >= 0.6 is 0 Å². The summed E-state index contributed by atoms with van der Waals surface area (Å²) in [5, 5.41) is 8.65. The van der Waals surface area contributed by atoms with Crippen LogP contribution in [0.1, 0.15) is 21.5 Å². The minimum Gasteiger partial charge on any atom is -0.423 e. The molecule has 0 saturated heterocycles. The fraction of sp³-hybridized carbons (Fsp3) is 0.0476. The first-order chi connectivity index (χ1) is 12.5. The standard InChI is InChI=1S/C21H13F2NO2/c1-13-2-4-14(5-3-13)15-6-8-16(9-7-15)21(25)26-17-10-19(22)18(12-24)20(23)11-17/h2-11H,1H3. The van der Waals surface area contributed by atoms with Crippen molar-refractivity contribution in [2.24, 2.45) is 0 Å². The van der Waals surface area contributed by atoms with Gasteiger partial charge in [-0.2, -0.15) is 5.26 Å². The minimum absolute atomic E-state index is 0.242. The lowest BCUT2D eigenvalue weighted by Crippen LogP contribution is -2.09. The van der Waals surface area contributed by atoms with Gasteiger partial charge in [0.2, 0.25) is 0 Å². The lowest BCUT2D eigenvalue weighted by Gasteiger charge is -2.07. The number of nitrogens with zero attached hydrogens (tertiary/aromatic N) is 1. The number of hydrogen-bond acceptors (Lipinski definition) is 3. The summed E-state index contributed by atoms with van der Waals surface area (Å²) in [5.74, 6) is -3.20. The number of carbonyl (C=O) groups is 1. The molecule has 0 aliphatic rings. The first-order valence-corrected chi connectivity index (χ1v) is 7.76. The van der Waals surface area contributed by atoms with Crippen LogP contribution in [0.2, 0.25) is 0 Å². The summed E-state index contributed by atoms with van der Waals surface area (Å²) in [6, 6.07) is 17.6. The van der Waals surface area contributed by atoms with Crippen LogP contribution in [0.15, 0.2) is 60.7 Å². The Balaban J connectivity index is 1.78. The predicted octanol–water partition coefficient (Wildman–Crippen LogP) is 5.03. The molecule has 26 heavy (non-hydrogen) atoms. The van der Waals surface area contributed by atoms with Gasteiger partial charge in [0.1, 0.15) is 29.0 Å². The Hall–Kier alpha value is -3.52. The molecule has 0 radical (unpaired) electrons. The lowest BCUT2D eigenvalue weighted by atomic mass is 10.0. The average Bonchev–Trinajstić information content (AvgIpc) is 2.62. The van der Waals surface area contributed by atoms with E-state index >= 15 is 0 Å². The predicted molar refractivity (Wildman–Crippen MR) is 92.6 cm³/mol. The van der Waals surface area contributed by atoms with Gasteiger partial charge < -0.3 is 4.74 Å². The molecule has 0 aliphatic heterocycles. The van der Waals surface area contributed by atoms with Crippen molar-refractivity contribution in [3.05, 3.63) is 89.0 Å². The fourth-order valence-corrected chi connectivity index (χ4v) is 2.43. The Kier molecular flexibility index (Phi) is 4.76. The molecule has 0 amide bonds. The molecule has 0 aliphatic carbocycles. The molecule has 0 saturated carbocycles. The Labute approximate surface area is 149 Å². The smallest absolute Gasteiger partial charge is 0.343 e. The highest BCUT2D eigenvalue weighted by Gasteiger charge is 2.15. The van der Waals surface area contributed by atoms with Crippen molar-refractivity contribution in [2.75, 3.05) is 0 Å². The second kappa shape index (κ2) is 7.16. The molecule has 0 N–H and O–H groups in total. The molecule has 0 fully saturated rings. The largest absolute Gasteiger partial charge is 0.423 e. The number of esters is 1. The monoisotopic (exact) mass is 349 g/mol. The third kappa shape index (κ3) is 3.60. The normalized spacial score (nSPS) is 10.2. The number of carbonyl (C=O) groups excluding carboxylic acids is 1. The van der Waals surface area contributed by atoms with Gasteiger partial charge in [0.05, 0.1) is 5.56 Å². The summed E-state index contributed by atoms with van der Waals surface area (Å²) in [4.78, 5) is 12.2. The lowest BCUT2D eigenvalue weighted by molar-refractivity contribution is 0.0734. The van der Waals surface area contributed by atoms with E-state index in [1.54, 1.807) is 24.3 Å². The fourth-order valence-electron chi connectivity index (χ4n) is 2.43. The molecule has 3 nitrogen and oxygen atoms in total. The van der Waals surface area contributed by atoms with Crippen molar-refractivity contribution in [2.45, 2.75) is 6.92 Å². The zero-order valence-corrected chi connectivity index (χ0v) is 13.8. The van der Waals surface area contributed by atoms with E-state index in [1.807, 2.05) is 31.2 Å². The maximum Gasteiger partial charge on any atom is 0.343 e.